The van der Waals surface area contributed by atoms with Gasteiger partial charge in [-0.05, 0) is 45.3 Å². The van der Waals surface area contributed by atoms with Gasteiger partial charge in [-0.1, -0.05) is 0 Å². The third kappa shape index (κ3) is 2.12. The fourth-order valence-electron chi connectivity index (χ4n) is 1.66. The van der Waals surface area contributed by atoms with Crippen molar-refractivity contribution in [3.8, 4) is 0 Å². The fraction of sp³-hybridized carbons (Fsp3) is 0.500. The summed E-state index contributed by atoms with van der Waals surface area (Å²) in [5, 5.41) is 0. The Hall–Kier alpha value is -1.20. The first-order valence-corrected chi connectivity index (χ1v) is 5.62. The number of nitrogens with zero attached hydrogens (tertiary/aromatic N) is 1. The second-order valence-electron chi connectivity index (χ2n) is 5.22. The van der Waals surface area contributed by atoms with Crippen molar-refractivity contribution in [1.82, 2.24) is 4.98 Å². The predicted octanol–water partition coefficient (Wildman–Crippen LogP) is 1.19. The first kappa shape index (κ1) is 12.3. The standard InChI is InChI=1S/C12H16BNO3/c1-11(2)12(3,4)17-13(16-11)9-5-6-14-10(7-9)8-15/h5-8H,1-4H3. The highest BCUT2D eigenvalue weighted by atomic mass is 16.7. The summed E-state index contributed by atoms with van der Waals surface area (Å²) in [5.41, 5.74) is 0.461. The van der Waals surface area contributed by atoms with Gasteiger partial charge in [-0.2, -0.15) is 0 Å². The Morgan fingerprint density at radius 1 is 1.24 bits per heavy atom. The maximum absolute atomic E-state index is 10.7. The van der Waals surface area contributed by atoms with Crippen LogP contribution in [0.2, 0.25) is 0 Å². The van der Waals surface area contributed by atoms with E-state index in [-0.39, 0.29) is 11.2 Å². The molecule has 0 bridgehead atoms. The molecule has 17 heavy (non-hydrogen) atoms. The van der Waals surface area contributed by atoms with Gasteiger partial charge in [0.15, 0.2) is 6.29 Å². The van der Waals surface area contributed by atoms with Crippen molar-refractivity contribution < 1.29 is 14.1 Å². The monoisotopic (exact) mass is 233 g/mol. The van der Waals surface area contributed by atoms with E-state index in [1.54, 1.807) is 18.3 Å². The first-order chi connectivity index (χ1) is 7.86. The van der Waals surface area contributed by atoms with Gasteiger partial charge in [0.25, 0.3) is 0 Å². The van der Waals surface area contributed by atoms with Crippen molar-refractivity contribution in [1.29, 1.82) is 0 Å². The number of aromatic nitrogens is 1. The van der Waals surface area contributed by atoms with Crippen LogP contribution in [0.4, 0.5) is 0 Å². The zero-order chi connectivity index (χ0) is 12.7. The van der Waals surface area contributed by atoms with Crippen LogP contribution in [-0.2, 0) is 9.31 Å². The number of pyridine rings is 1. The van der Waals surface area contributed by atoms with Crippen molar-refractivity contribution in [2.24, 2.45) is 0 Å². The molecule has 90 valence electrons. The summed E-state index contributed by atoms with van der Waals surface area (Å²) in [6.45, 7) is 7.98. The van der Waals surface area contributed by atoms with Gasteiger partial charge in [-0.25, -0.2) is 0 Å². The SMILES string of the molecule is CC1(C)OB(c2ccnc(C=O)c2)OC1(C)C. The molecule has 5 heteroatoms. The van der Waals surface area contributed by atoms with Crippen LogP contribution < -0.4 is 5.46 Å². The molecule has 0 N–H and O–H groups in total. The number of carbonyl (C=O) groups excluding carboxylic acids is 1. The lowest BCUT2D eigenvalue weighted by molar-refractivity contribution is 0.00578. The van der Waals surface area contributed by atoms with E-state index in [1.165, 1.54) is 0 Å². The zero-order valence-electron chi connectivity index (χ0n) is 10.6. The van der Waals surface area contributed by atoms with Crippen molar-refractivity contribution in [3.63, 3.8) is 0 Å². The number of hydrogen-bond donors (Lipinski definition) is 0. The molecule has 0 spiro atoms. The molecule has 1 fully saturated rings. The lowest BCUT2D eigenvalue weighted by atomic mass is 9.79. The molecule has 0 amide bonds. The minimum atomic E-state index is -0.443. The van der Waals surface area contributed by atoms with E-state index in [4.69, 9.17) is 9.31 Å². The largest absolute Gasteiger partial charge is 0.494 e. The van der Waals surface area contributed by atoms with Gasteiger partial charge in [0.05, 0.1) is 11.2 Å². The molecule has 0 aliphatic carbocycles. The summed E-state index contributed by atoms with van der Waals surface area (Å²) < 4.78 is 11.8. The maximum Gasteiger partial charge on any atom is 0.494 e. The van der Waals surface area contributed by atoms with E-state index in [9.17, 15) is 4.79 Å². The average molecular weight is 233 g/mol. The molecule has 1 aromatic heterocycles. The lowest BCUT2D eigenvalue weighted by Crippen LogP contribution is -2.41. The van der Waals surface area contributed by atoms with Crippen molar-refractivity contribution in [3.05, 3.63) is 24.0 Å². The van der Waals surface area contributed by atoms with Crippen LogP contribution in [0.15, 0.2) is 18.3 Å². The molecule has 0 aromatic carbocycles. The smallest absolute Gasteiger partial charge is 0.399 e. The molecule has 2 rings (SSSR count). The Labute approximate surface area is 101 Å². The summed E-state index contributed by atoms with van der Waals surface area (Å²) in [7, 11) is -0.443. The molecule has 1 aromatic rings. The molecular weight excluding hydrogens is 217 g/mol. The normalized spacial score (nSPS) is 21.5. The average Bonchev–Trinajstić information content (AvgIpc) is 2.48. The Morgan fingerprint density at radius 3 is 2.35 bits per heavy atom. The van der Waals surface area contributed by atoms with Gasteiger partial charge in [-0.15, -0.1) is 0 Å². The van der Waals surface area contributed by atoms with E-state index in [2.05, 4.69) is 4.98 Å². The van der Waals surface area contributed by atoms with Crippen molar-refractivity contribution in [2.45, 2.75) is 38.9 Å². The van der Waals surface area contributed by atoms with Gasteiger partial charge in [-0.3, -0.25) is 9.78 Å². The Balaban J connectivity index is 2.28. The van der Waals surface area contributed by atoms with Gasteiger partial charge in [0.1, 0.15) is 5.69 Å². The Bertz CT molecular complexity index is 429. The minimum absolute atomic E-state index is 0.373. The van der Waals surface area contributed by atoms with E-state index >= 15 is 0 Å². The van der Waals surface area contributed by atoms with Crippen LogP contribution >= 0.6 is 0 Å². The zero-order valence-corrected chi connectivity index (χ0v) is 10.6. The third-order valence-corrected chi connectivity index (χ3v) is 3.45. The van der Waals surface area contributed by atoms with E-state index in [0.29, 0.717) is 5.69 Å². The fourth-order valence-corrected chi connectivity index (χ4v) is 1.66. The van der Waals surface area contributed by atoms with E-state index in [0.717, 1.165) is 11.7 Å². The summed E-state index contributed by atoms with van der Waals surface area (Å²) in [6, 6.07) is 3.49. The molecule has 4 nitrogen and oxygen atoms in total. The highest BCUT2D eigenvalue weighted by Crippen LogP contribution is 2.36. The van der Waals surface area contributed by atoms with Gasteiger partial charge in [0, 0.05) is 6.20 Å². The minimum Gasteiger partial charge on any atom is -0.399 e. The van der Waals surface area contributed by atoms with Crippen molar-refractivity contribution in [2.75, 3.05) is 0 Å². The van der Waals surface area contributed by atoms with Gasteiger partial charge >= 0.3 is 7.12 Å². The molecular formula is C12H16BNO3. The molecule has 0 unspecified atom stereocenters. The summed E-state index contributed by atoms with van der Waals surface area (Å²) in [5.74, 6) is 0. The van der Waals surface area contributed by atoms with Crippen LogP contribution in [0.5, 0.6) is 0 Å². The van der Waals surface area contributed by atoms with Crippen LogP contribution in [-0.4, -0.2) is 29.6 Å². The third-order valence-electron chi connectivity index (χ3n) is 3.45. The van der Waals surface area contributed by atoms with Crippen LogP contribution in [0.1, 0.15) is 38.2 Å². The first-order valence-electron chi connectivity index (χ1n) is 5.62. The van der Waals surface area contributed by atoms with E-state index < -0.39 is 7.12 Å². The van der Waals surface area contributed by atoms with Gasteiger partial charge in [0.2, 0.25) is 0 Å². The number of aldehydes is 1. The number of rotatable bonds is 2. The molecule has 0 saturated carbocycles. The molecule has 1 saturated heterocycles. The molecule has 1 aliphatic heterocycles. The Kier molecular flexibility index (Phi) is 2.83. The molecule has 2 heterocycles. The summed E-state index contributed by atoms with van der Waals surface area (Å²) in [6.07, 6.45) is 2.30. The quantitative estimate of drug-likeness (QED) is 0.568. The number of hydrogen-bond acceptors (Lipinski definition) is 4. The van der Waals surface area contributed by atoms with Crippen molar-refractivity contribution >= 4 is 18.9 Å². The molecule has 0 radical (unpaired) electrons. The molecule has 0 atom stereocenters. The highest BCUT2D eigenvalue weighted by Gasteiger charge is 2.51. The van der Waals surface area contributed by atoms with Crippen LogP contribution in [0, 0.1) is 0 Å². The van der Waals surface area contributed by atoms with Crippen LogP contribution in [0.25, 0.3) is 0 Å². The number of carbonyl (C=O) groups is 1. The second kappa shape index (κ2) is 3.93. The maximum atomic E-state index is 10.7. The Morgan fingerprint density at radius 2 is 1.82 bits per heavy atom. The topological polar surface area (TPSA) is 48.4 Å². The summed E-state index contributed by atoms with van der Waals surface area (Å²) >= 11 is 0. The van der Waals surface area contributed by atoms with Gasteiger partial charge < -0.3 is 9.31 Å². The lowest BCUT2D eigenvalue weighted by Gasteiger charge is -2.32. The highest BCUT2D eigenvalue weighted by molar-refractivity contribution is 6.62. The predicted molar refractivity (Wildman–Crippen MR) is 65.3 cm³/mol. The molecule has 1 aliphatic rings. The summed E-state index contributed by atoms with van der Waals surface area (Å²) in [4.78, 5) is 14.6. The van der Waals surface area contributed by atoms with E-state index in [1.807, 2.05) is 27.7 Å². The van der Waals surface area contributed by atoms with Crippen LogP contribution in [0.3, 0.4) is 0 Å². The second-order valence-corrected chi connectivity index (χ2v) is 5.22.